The molecule has 2 aromatic rings. The minimum Gasteiger partial charge on any atom is -0.380 e. The molecule has 146 valence electrons. The van der Waals surface area contributed by atoms with Gasteiger partial charge in [0.15, 0.2) is 0 Å². The monoisotopic (exact) mass is 377 g/mol. The summed E-state index contributed by atoms with van der Waals surface area (Å²) >= 11 is 0. The highest BCUT2D eigenvalue weighted by atomic mass is 16.2. The molecule has 2 atom stereocenters. The van der Waals surface area contributed by atoms with Crippen LogP contribution in [0.25, 0.3) is 0 Å². The Morgan fingerprint density at radius 1 is 1.04 bits per heavy atom. The molecule has 2 fully saturated rings. The summed E-state index contributed by atoms with van der Waals surface area (Å²) in [4.78, 5) is 29.4. The maximum absolute atomic E-state index is 13.0. The number of para-hydroxylation sites is 1. The molecular formula is C23H27N3O2. The number of hydrogen-bond donors (Lipinski definition) is 1. The first-order chi connectivity index (χ1) is 13.5. The Balaban J connectivity index is 1.39. The van der Waals surface area contributed by atoms with Gasteiger partial charge in [0, 0.05) is 43.5 Å². The SMILES string of the molecule is Cc1cccc(N2C[C@H](C(=O)N3CC[C@@H](Nc4ccccc4)C3)CC2=O)c1C. The van der Waals surface area contributed by atoms with Crippen molar-refractivity contribution in [2.24, 2.45) is 5.92 Å². The molecule has 28 heavy (non-hydrogen) atoms. The highest BCUT2D eigenvalue weighted by Crippen LogP contribution is 2.31. The molecule has 0 spiro atoms. The fourth-order valence-corrected chi connectivity index (χ4v) is 4.24. The van der Waals surface area contributed by atoms with Crippen LogP contribution in [0.5, 0.6) is 0 Å². The quantitative estimate of drug-likeness (QED) is 0.889. The Hall–Kier alpha value is -2.82. The molecule has 0 bridgehead atoms. The number of nitrogens with zero attached hydrogens (tertiary/aromatic N) is 2. The number of likely N-dealkylation sites (tertiary alicyclic amines) is 1. The second kappa shape index (κ2) is 7.66. The Bertz CT molecular complexity index is 881. The highest BCUT2D eigenvalue weighted by Gasteiger charge is 2.39. The van der Waals surface area contributed by atoms with Crippen molar-refractivity contribution in [2.75, 3.05) is 29.9 Å². The third-order valence-electron chi connectivity index (χ3n) is 5.99. The van der Waals surface area contributed by atoms with Crippen LogP contribution in [0.2, 0.25) is 0 Å². The third kappa shape index (κ3) is 3.61. The average Bonchev–Trinajstić information content (AvgIpc) is 3.31. The molecule has 5 nitrogen and oxygen atoms in total. The first-order valence-corrected chi connectivity index (χ1v) is 10.00. The van der Waals surface area contributed by atoms with Crippen molar-refractivity contribution in [1.29, 1.82) is 0 Å². The lowest BCUT2D eigenvalue weighted by Gasteiger charge is -2.22. The Kier molecular flexibility index (Phi) is 5.07. The number of rotatable bonds is 4. The van der Waals surface area contributed by atoms with Crippen LogP contribution in [0.15, 0.2) is 48.5 Å². The first-order valence-electron chi connectivity index (χ1n) is 10.00. The summed E-state index contributed by atoms with van der Waals surface area (Å²) in [6, 6.07) is 16.4. The first kappa shape index (κ1) is 18.5. The summed E-state index contributed by atoms with van der Waals surface area (Å²) in [6.45, 7) is 6.01. The minimum absolute atomic E-state index is 0.0465. The van der Waals surface area contributed by atoms with Gasteiger partial charge in [-0.25, -0.2) is 0 Å². The van der Waals surface area contributed by atoms with Crippen LogP contribution in [0.3, 0.4) is 0 Å². The van der Waals surface area contributed by atoms with Crippen LogP contribution in [-0.2, 0) is 9.59 Å². The normalized spacial score (nSPS) is 22.0. The van der Waals surface area contributed by atoms with Gasteiger partial charge in [0.25, 0.3) is 0 Å². The van der Waals surface area contributed by atoms with Gasteiger partial charge in [-0.05, 0) is 49.6 Å². The highest BCUT2D eigenvalue weighted by molar-refractivity contribution is 6.01. The van der Waals surface area contributed by atoms with E-state index in [1.54, 1.807) is 4.90 Å². The molecule has 0 radical (unpaired) electrons. The Morgan fingerprint density at radius 2 is 1.82 bits per heavy atom. The number of carbonyl (C=O) groups excluding carboxylic acids is 2. The van der Waals surface area contributed by atoms with Gasteiger partial charge in [0.05, 0.1) is 5.92 Å². The number of anilines is 2. The number of hydrogen-bond acceptors (Lipinski definition) is 3. The van der Waals surface area contributed by atoms with E-state index in [1.165, 1.54) is 0 Å². The Morgan fingerprint density at radius 3 is 2.61 bits per heavy atom. The predicted molar refractivity (Wildman–Crippen MR) is 111 cm³/mol. The van der Waals surface area contributed by atoms with Gasteiger partial charge in [-0.15, -0.1) is 0 Å². The lowest BCUT2D eigenvalue weighted by atomic mass is 10.1. The zero-order valence-corrected chi connectivity index (χ0v) is 16.5. The number of nitrogens with one attached hydrogen (secondary N) is 1. The van der Waals surface area contributed by atoms with E-state index in [-0.39, 0.29) is 23.8 Å². The standard InChI is InChI=1S/C23H27N3O2/c1-16-7-6-10-21(17(16)2)26-14-18(13-22(26)27)23(28)25-12-11-20(15-25)24-19-8-4-3-5-9-19/h3-10,18,20,24H,11-15H2,1-2H3/t18-,20-/m1/s1. The van der Waals surface area contributed by atoms with Gasteiger partial charge in [-0.2, -0.15) is 0 Å². The van der Waals surface area contributed by atoms with E-state index in [1.807, 2.05) is 67.3 Å². The van der Waals surface area contributed by atoms with Crippen molar-refractivity contribution in [1.82, 2.24) is 4.90 Å². The molecule has 0 unspecified atom stereocenters. The van der Waals surface area contributed by atoms with Gasteiger partial charge in [0.1, 0.15) is 0 Å². The summed E-state index contributed by atoms with van der Waals surface area (Å²) in [5, 5.41) is 3.50. The summed E-state index contributed by atoms with van der Waals surface area (Å²) in [5.74, 6) is -0.0911. The van der Waals surface area contributed by atoms with E-state index in [4.69, 9.17) is 0 Å². The van der Waals surface area contributed by atoms with Crippen LogP contribution in [-0.4, -0.2) is 42.4 Å². The van der Waals surface area contributed by atoms with Gasteiger partial charge in [0.2, 0.25) is 11.8 Å². The van der Waals surface area contributed by atoms with E-state index in [9.17, 15) is 9.59 Å². The number of carbonyl (C=O) groups is 2. The van der Waals surface area contributed by atoms with Crippen molar-refractivity contribution in [3.8, 4) is 0 Å². The van der Waals surface area contributed by atoms with Crippen LogP contribution in [0.1, 0.15) is 24.0 Å². The molecule has 2 aliphatic heterocycles. The van der Waals surface area contributed by atoms with Crippen LogP contribution >= 0.6 is 0 Å². The average molecular weight is 377 g/mol. The van der Waals surface area contributed by atoms with Gasteiger partial charge in [-0.3, -0.25) is 9.59 Å². The molecule has 2 heterocycles. The second-order valence-corrected chi connectivity index (χ2v) is 7.90. The lowest BCUT2D eigenvalue weighted by molar-refractivity contribution is -0.134. The molecular weight excluding hydrogens is 350 g/mol. The fourth-order valence-electron chi connectivity index (χ4n) is 4.24. The van der Waals surface area contributed by atoms with E-state index in [2.05, 4.69) is 5.32 Å². The van der Waals surface area contributed by atoms with Crippen molar-refractivity contribution in [2.45, 2.75) is 32.7 Å². The minimum atomic E-state index is -0.247. The maximum atomic E-state index is 13.0. The van der Waals surface area contributed by atoms with Crippen LogP contribution in [0, 0.1) is 19.8 Å². The molecule has 2 aromatic carbocycles. The fraction of sp³-hybridized carbons (Fsp3) is 0.391. The topological polar surface area (TPSA) is 52.7 Å². The van der Waals surface area contributed by atoms with E-state index in [0.717, 1.165) is 35.5 Å². The van der Waals surface area contributed by atoms with E-state index >= 15 is 0 Å². The molecule has 2 aliphatic rings. The van der Waals surface area contributed by atoms with E-state index in [0.29, 0.717) is 19.5 Å². The van der Waals surface area contributed by atoms with Gasteiger partial charge >= 0.3 is 0 Å². The van der Waals surface area contributed by atoms with Crippen LogP contribution < -0.4 is 10.2 Å². The van der Waals surface area contributed by atoms with Crippen LogP contribution in [0.4, 0.5) is 11.4 Å². The van der Waals surface area contributed by atoms with Crippen molar-refractivity contribution in [3.63, 3.8) is 0 Å². The number of aryl methyl sites for hydroxylation is 1. The summed E-state index contributed by atoms with van der Waals surface area (Å²) in [6.07, 6.45) is 1.24. The number of amides is 2. The molecule has 2 amide bonds. The smallest absolute Gasteiger partial charge is 0.228 e. The van der Waals surface area contributed by atoms with Crippen molar-refractivity contribution < 1.29 is 9.59 Å². The molecule has 4 rings (SSSR count). The lowest BCUT2D eigenvalue weighted by Crippen LogP contribution is -2.37. The second-order valence-electron chi connectivity index (χ2n) is 7.90. The number of benzene rings is 2. The summed E-state index contributed by atoms with van der Waals surface area (Å²) < 4.78 is 0. The maximum Gasteiger partial charge on any atom is 0.228 e. The largest absolute Gasteiger partial charge is 0.380 e. The molecule has 1 N–H and O–H groups in total. The summed E-state index contributed by atoms with van der Waals surface area (Å²) in [5.41, 5.74) is 4.29. The summed E-state index contributed by atoms with van der Waals surface area (Å²) in [7, 11) is 0. The van der Waals surface area contributed by atoms with E-state index < -0.39 is 0 Å². The molecule has 2 saturated heterocycles. The molecule has 0 aliphatic carbocycles. The molecule has 0 aromatic heterocycles. The van der Waals surface area contributed by atoms with Crippen molar-refractivity contribution in [3.05, 3.63) is 59.7 Å². The Labute approximate surface area is 166 Å². The van der Waals surface area contributed by atoms with Crippen molar-refractivity contribution >= 4 is 23.2 Å². The zero-order valence-electron chi connectivity index (χ0n) is 16.5. The van der Waals surface area contributed by atoms with Gasteiger partial charge in [-0.1, -0.05) is 30.3 Å². The molecule has 0 saturated carbocycles. The predicted octanol–water partition coefficient (Wildman–Crippen LogP) is 3.37. The van der Waals surface area contributed by atoms with Gasteiger partial charge < -0.3 is 15.1 Å². The molecule has 5 heteroatoms. The zero-order chi connectivity index (χ0) is 19.7. The third-order valence-corrected chi connectivity index (χ3v) is 5.99.